The molecule has 19 heavy (non-hydrogen) atoms. The molecule has 1 aromatic carbocycles. The van der Waals surface area contributed by atoms with Gasteiger partial charge < -0.3 is 4.74 Å². The van der Waals surface area contributed by atoms with E-state index >= 15 is 0 Å². The van der Waals surface area contributed by atoms with E-state index in [1.165, 1.54) is 14.2 Å². The second-order valence-electron chi connectivity index (χ2n) is 3.67. The number of esters is 1. The molecule has 0 saturated carbocycles. The fourth-order valence-electron chi connectivity index (χ4n) is 1.43. The third kappa shape index (κ3) is 5.11. The molecule has 0 saturated heterocycles. The maximum absolute atomic E-state index is 11.0. The molecule has 0 unspecified atom stereocenters. The van der Waals surface area contributed by atoms with Crippen molar-refractivity contribution < 1.29 is 14.4 Å². The van der Waals surface area contributed by atoms with Crippen LogP contribution in [0.4, 0.5) is 0 Å². The fraction of sp³-hybridized carbons (Fsp3) is 0.308. The molecule has 6 heteroatoms. The second kappa shape index (κ2) is 8.04. The Morgan fingerprint density at radius 2 is 2.05 bits per heavy atom. The van der Waals surface area contributed by atoms with E-state index in [4.69, 9.17) is 28.0 Å². The van der Waals surface area contributed by atoms with Crippen LogP contribution in [0, 0.1) is 0 Å². The minimum absolute atomic E-state index is 0.262. The fourth-order valence-corrected chi connectivity index (χ4v) is 1.73. The number of hydrogen-bond acceptors (Lipinski definition) is 4. The molecule has 104 valence electrons. The Hall–Kier alpha value is -1.23. The van der Waals surface area contributed by atoms with Crippen molar-refractivity contribution in [1.29, 1.82) is 0 Å². The highest BCUT2D eigenvalue weighted by Crippen LogP contribution is 2.25. The Kier molecular flexibility index (Phi) is 6.70. The minimum Gasteiger partial charge on any atom is -0.469 e. The standard InChI is InChI=1S/C13H15Cl2NO3/c1-18-13(17)5-3-4-12(16-19-2)9-6-7-10(14)11(15)8-9/h4,6-8,16H,3,5H2,1-2H3. The molecule has 0 aliphatic heterocycles. The molecule has 4 nitrogen and oxygen atoms in total. The van der Waals surface area contributed by atoms with Gasteiger partial charge in [0.1, 0.15) is 0 Å². The molecule has 1 rings (SSSR count). The van der Waals surface area contributed by atoms with E-state index in [-0.39, 0.29) is 5.97 Å². The number of methoxy groups -OCH3 is 1. The van der Waals surface area contributed by atoms with Gasteiger partial charge in [0.2, 0.25) is 0 Å². The van der Waals surface area contributed by atoms with E-state index in [0.717, 1.165) is 5.56 Å². The summed E-state index contributed by atoms with van der Waals surface area (Å²) in [4.78, 5) is 15.9. The summed E-state index contributed by atoms with van der Waals surface area (Å²) in [6.45, 7) is 0. The van der Waals surface area contributed by atoms with Crippen molar-refractivity contribution in [3.8, 4) is 0 Å². The molecule has 0 aliphatic rings. The summed E-state index contributed by atoms with van der Waals surface area (Å²) in [5.74, 6) is -0.262. The number of nitrogens with one attached hydrogen (secondary N) is 1. The predicted octanol–water partition coefficient (Wildman–Crippen LogP) is 3.44. The summed E-state index contributed by atoms with van der Waals surface area (Å²) in [5.41, 5.74) is 4.28. The largest absolute Gasteiger partial charge is 0.469 e. The van der Waals surface area contributed by atoms with Crippen molar-refractivity contribution in [2.75, 3.05) is 14.2 Å². The summed E-state index contributed by atoms with van der Waals surface area (Å²) < 4.78 is 4.57. The maximum Gasteiger partial charge on any atom is 0.305 e. The van der Waals surface area contributed by atoms with Gasteiger partial charge in [-0.3, -0.25) is 15.1 Å². The van der Waals surface area contributed by atoms with E-state index in [2.05, 4.69) is 10.2 Å². The first-order chi connectivity index (χ1) is 9.08. The molecule has 1 N–H and O–H groups in total. The number of benzene rings is 1. The zero-order valence-corrected chi connectivity index (χ0v) is 12.2. The Balaban J connectivity index is 2.83. The lowest BCUT2D eigenvalue weighted by atomic mass is 10.1. The van der Waals surface area contributed by atoms with Crippen LogP contribution in [0.25, 0.3) is 5.70 Å². The number of allylic oxidation sites excluding steroid dienone is 1. The highest BCUT2D eigenvalue weighted by molar-refractivity contribution is 6.42. The van der Waals surface area contributed by atoms with Crippen LogP contribution in [-0.2, 0) is 14.4 Å². The first kappa shape index (κ1) is 15.8. The predicted molar refractivity (Wildman–Crippen MR) is 75.8 cm³/mol. The van der Waals surface area contributed by atoms with Gasteiger partial charge in [-0.15, -0.1) is 0 Å². The minimum atomic E-state index is -0.262. The highest BCUT2D eigenvalue weighted by atomic mass is 35.5. The molecule has 0 heterocycles. The van der Waals surface area contributed by atoms with Crippen LogP contribution in [0.2, 0.25) is 10.0 Å². The average molecular weight is 304 g/mol. The topological polar surface area (TPSA) is 47.6 Å². The quantitative estimate of drug-likeness (QED) is 0.646. The summed E-state index contributed by atoms with van der Waals surface area (Å²) in [7, 11) is 2.87. The SMILES string of the molecule is CONC(=CCCC(=O)OC)c1ccc(Cl)c(Cl)c1. The van der Waals surface area contributed by atoms with Crippen molar-refractivity contribution in [2.24, 2.45) is 0 Å². The van der Waals surface area contributed by atoms with Crippen LogP contribution >= 0.6 is 23.2 Å². The van der Waals surface area contributed by atoms with Crippen LogP contribution in [0.3, 0.4) is 0 Å². The van der Waals surface area contributed by atoms with Gasteiger partial charge in [-0.1, -0.05) is 35.3 Å². The third-order valence-corrected chi connectivity index (χ3v) is 3.11. The van der Waals surface area contributed by atoms with E-state index in [1.807, 2.05) is 12.1 Å². The van der Waals surface area contributed by atoms with Crippen molar-refractivity contribution in [2.45, 2.75) is 12.8 Å². The summed E-state index contributed by atoms with van der Waals surface area (Å²) in [5, 5.41) is 0.938. The lowest BCUT2D eigenvalue weighted by Crippen LogP contribution is -2.10. The Bertz CT molecular complexity index is 475. The van der Waals surface area contributed by atoms with Crippen LogP contribution in [0.15, 0.2) is 24.3 Å². The number of hydrogen-bond donors (Lipinski definition) is 1. The summed E-state index contributed by atoms with van der Waals surface area (Å²) >= 11 is 11.8. The first-order valence-electron chi connectivity index (χ1n) is 5.60. The van der Waals surface area contributed by atoms with Gasteiger partial charge in [0, 0.05) is 12.0 Å². The smallest absolute Gasteiger partial charge is 0.305 e. The molecule has 0 spiro atoms. The molecular formula is C13H15Cl2NO3. The third-order valence-electron chi connectivity index (χ3n) is 2.37. The van der Waals surface area contributed by atoms with Crippen molar-refractivity contribution in [1.82, 2.24) is 5.48 Å². The van der Waals surface area contributed by atoms with Crippen molar-refractivity contribution in [3.63, 3.8) is 0 Å². The Morgan fingerprint density at radius 1 is 1.32 bits per heavy atom. The lowest BCUT2D eigenvalue weighted by Gasteiger charge is -2.10. The van der Waals surface area contributed by atoms with Gasteiger partial charge in [0.15, 0.2) is 0 Å². The van der Waals surface area contributed by atoms with E-state index in [1.54, 1.807) is 12.1 Å². The number of ether oxygens (including phenoxy) is 1. The van der Waals surface area contributed by atoms with E-state index in [9.17, 15) is 4.79 Å². The molecule has 0 bridgehead atoms. The summed E-state index contributed by atoms with van der Waals surface area (Å²) in [6, 6.07) is 5.23. The van der Waals surface area contributed by atoms with E-state index in [0.29, 0.717) is 28.6 Å². The Labute approximate surface area is 122 Å². The number of carbonyl (C=O) groups is 1. The van der Waals surface area contributed by atoms with Crippen LogP contribution in [0.1, 0.15) is 18.4 Å². The molecule has 0 aromatic heterocycles. The molecule has 0 amide bonds. The number of carbonyl (C=O) groups excluding carboxylic acids is 1. The molecule has 0 fully saturated rings. The monoisotopic (exact) mass is 303 g/mol. The van der Waals surface area contributed by atoms with Gasteiger partial charge in [-0.05, 0) is 18.6 Å². The highest BCUT2D eigenvalue weighted by Gasteiger charge is 2.05. The van der Waals surface area contributed by atoms with Crippen LogP contribution in [-0.4, -0.2) is 20.2 Å². The van der Waals surface area contributed by atoms with Gasteiger partial charge in [-0.2, -0.15) is 0 Å². The number of rotatable bonds is 6. The van der Waals surface area contributed by atoms with E-state index < -0.39 is 0 Å². The van der Waals surface area contributed by atoms with Crippen molar-refractivity contribution >= 4 is 34.9 Å². The molecule has 0 atom stereocenters. The zero-order valence-electron chi connectivity index (χ0n) is 10.7. The van der Waals surface area contributed by atoms with Gasteiger partial charge >= 0.3 is 5.97 Å². The number of hydroxylamine groups is 1. The maximum atomic E-state index is 11.0. The van der Waals surface area contributed by atoms with Crippen LogP contribution < -0.4 is 5.48 Å². The normalized spacial score (nSPS) is 11.3. The van der Waals surface area contributed by atoms with Gasteiger partial charge in [0.25, 0.3) is 0 Å². The summed E-state index contributed by atoms with van der Waals surface area (Å²) in [6.07, 6.45) is 2.66. The lowest BCUT2D eigenvalue weighted by molar-refractivity contribution is -0.140. The van der Waals surface area contributed by atoms with Crippen LogP contribution in [0.5, 0.6) is 0 Å². The Morgan fingerprint density at radius 3 is 2.63 bits per heavy atom. The molecule has 0 radical (unpaired) electrons. The van der Waals surface area contributed by atoms with Gasteiger partial charge in [-0.25, -0.2) is 0 Å². The molecule has 0 aliphatic carbocycles. The van der Waals surface area contributed by atoms with Crippen molar-refractivity contribution in [3.05, 3.63) is 39.9 Å². The average Bonchev–Trinajstić information content (AvgIpc) is 2.40. The second-order valence-corrected chi connectivity index (χ2v) is 4.48. The number of halogens is 2. The molecule has 1 aromatic rings. The first-order valence-corrected chi connectivity index (χ1v) is 6.35. The zero-order chi connectivity index (χ0) is 14.3. The van der Waals surface area contributed by atoms with Gasteiger partial charge in [0.05, 0.1) is 30.0 Å². The molecular weight excluding hydrogens is 289 g/mol.